The topological polar surface area (TPSA) is 78.2 Å². The number of benzene rings is 1. The number of nitriles is 1. The van der Waals surface area contributed by atoms with Crippen molar-refractivity contribution in [2.75, 3.05) is 0 Å². The smallest absolute Gasteiger partial charge is 0.345 e. The summed E-state index contributed by atoms with van der Waals surface area (Å²) in [6, 6.07) is 10.0. The van der Waals surface area contributed by atoms with Crippen molar-refractivity contribution < 1.29 is 13.2 Å². The first-order chi connectivity index (χ1) is 13.8. The fraction of sp³-hybridized carbons (Fsp3) is 0.0526. The number of H-pyrrole nitrogens is 1. The largest absolute Gasteiger partial charge is 0.417 e. The van der Waals surface area contributed by atoms with E-state index >= 15 is 0 Å². The van der Waals surface area contributed by atoms with Crippen LogP contribution in [-0.4, -0.2) is 19.9 Å². The molecular weight excluding hydrogens is 423 g/mol. The third kappa shape index (κ3) is 3.90. The lowest BCUT2D eigenvalue weighted by Crippen LogP contribution is -2.05. The van der Waals surface area contributed by atoms with Gasteiger partial charge in [-0.05, 0) is 36.0 Å². The highest BCUT2D eigenvalue weighted by molar-refractivity contribution is 7.99. The van der Waals surface area contributed by atoms with Crippen molar-refractivity contribution in [3.8, 4) is 17.3 Å². The summed E-state index contributed by atoms with van der Waals surface area (Å²) in [5, 5.41) is 10.5. The Balaban J connectivity index is 1.82. The van der Waals surface area contributed by atoms with Crippen LogP contribution in [0.3, 0.4) is 0 Å². The minimum atomic E-state index is -4.53. The molecule has 1 aromatic carbocycles. The Hall–Kier alpha value is -3.09. The first-order valence-electron chi connectivity index (χ1n) is 8.10. The van der Waals surface area contributed by atoms with Gasteiger partial charge in [-0.2, -0.15) is 18.4 Å². The van der Waals surface area contributed by atoms with Gasteiger partial charge in [0.1, 0.15) is 11.7 Å². The molecule has 0 aliphatic heterocycles. The Morgan fingerprint density at radius 2 is 1.97 bits per heavy atom. The van der Waals surface area contributed by atoms with E-state index in [-0.39, 0.29) is 22.3 Å². The van der Waals surface area contributed by atoms with Gasteiger partial charge in [0.25, 0.3) is 0 Å². The van der Waals surface area contributed by atoms with E-state index in [0.29, 0.717) is 15.7 Å². The van der Waals surface area contributed by atoms with Gasteiger partial charge in [-0.3, -0.25) is 0 Å². The zero-order valence-electron chi connectivity index (χ0n) is 14.3. The summed E-state index contributed by atoms with van der Waals surface area (Å²) in [5.74, 6) is 0. The molecule has 10 heteroatoms. The number of nitrogens with one attached hydrogen (secondary N) is 1. The Labute approximate surface area is 171 Å². The van der Waals surface area contributed by atoms with Gasteiger partial charge in [0.2, 0.25) is 0 Å². The second kappa shape index (κ2) is 7.39. The van der Waals surface area contributed by atoms with Gasteiger partial charge >= 0.3 is 6.18 Å². The minimum Gasteiger partial charge on any atom is -0.345 e. The highest BCUT2D eigenvalue weighted by Crippen LogP contribution is 2.35. The van der Waals surface area contributed by atoms with Crippen molar-refractivity contribution in [3.05, 3.63) is 65.1 Å². The second-order valence-electron chi connectivity index (χ2n) is 5.91. The number of aromatic amines is 1. The van der Waals surface area contributed by atoms with Crippen LogP contribution in [0.25, 0.3) is 22.3 Å². The lowest BCUT2D eigenvalue weighted by molar-refractivity contribution is -0.137. The molecule has 0 unspecified atom stereocenters. The van der Waals surface area contributed by atoms with Crippen molar-refractivity contribution in [2.24, 2.45) is 0 Å². The predicted octanol–water partition coefficient (Wildman–Crippen LogP) is 5.71. The third-order valence-corrected chi connectivity index (χ3v) is 5.11. The molecule has 0 radical (unpaired) electrons. The number of rotatable bonds is 3. The van der Waals surface area contributed by atoms with Crippen LogP contribution in [0.2, 0.25) is 5.02 Å². The number of hydrogen-bond donors (Lipinski definition) is 1. The number of halogens is 4. The molecule has 0 fully saturated rings. The Kier molecular flexibility index (Phi) is 4.90. The molecule has 29 heavy (non-hydrogen) atoms. The molecule has 0 spiro atoms. The number of alkyl halides is 3. The average Bonchev–Trinajstić information content (AvgIpc) is 3.10. The molecule has 1 N–H and O–H groups in total. The van der Waals surface area contributed by atoms with Crippen LogP contribution in [-0.2, 0) is 6.18 Å². The van der Waals surface area contributed by atoms with E-state index in [1.807, 2.05) is 12.1 Å². The zero-order valence-corrected chi connectivity index (χ0v) is 15.9. The van der Waals surface area contributed by atoms with Gasteiger partial charge < -0.3 is 4.98 Å². The van der Waals surface area contributed by atoms with Gasteiger partial charge in [0, 0.05) is 39.5 Å². The zero-order chi connectivity index (χ0) is 20.6. The van der Waals surface area contributed by atoms with E-state index in [4.69, 9.17) is 11.6 Å². The lowest BCUT2D eigenvalue weighted by atomic mass is 10.1. The highest BCUT2D eigenvalue weighted by atomic mass is 35.5. The average molecular weight is 432 g/mol. The molecule has 0 aliphatic rings. The summed E-state index contributed by atoms with van der Waals surface area (Å²) < 4.78 is 39.3. The highest BCUT2D eigenvalue weighted by Gasteiger charge is 2.31. The van der Waals surface area contributed by atoms with Gasteiger partial charge in [0.05, 0.1) is 16.8 Å². The molecule has 3 heterocycles. The van der Waals surface area contributed by atoms with Crippen molar-refractivity contribution in [1.29, 1.82) is 5.26 Å². The monoisotopic (exact) mass is 431 g/mol. The molecule has 4 aromatic rings. The summed E-state index contributed by atoms with van der Waals surface area (Å²) >= 11 is 7.21. The van der Waals surface area contributed by atoms with E-state index in [9.17, 15) is 18.4 Å². The van der Waals surface area contributed by atoms with Crippen molar-refractivity contribution in [2.45, 2.75) is 16.2 Å². The van der Waals surface area contributed by atoms with Gasteiger partial charge in [-0.25, -0.2) is 15.0 Å². The molecule has 5 nitrogen and oxygen atoms in total. The first-order valence-corrected chi connectivity index (χ1v) is 9.30. The van der Waals surface area contributed by atoms with E-state index in [2.05, 4.69) is 19.9 Å². The molecule has 0 amide bonds. The van der Waals surface area contributed by atoms with E-state index in [1.54, 1.807) is 18.2 Å². The molecule has 4 rings (SSSR count). The Morgan fingerprint density at radius 1 is 1.14 bits per heavy atom. The molecule has 0 saturated heterocycles. The maximum atomic E-state index is 13.1. The number of nitrogens with zero attached hydrogens (tertiary/aromatic N) is 4. The van der Waals surface area contributed by atoms with E-state index in [1.165, 1.54) is 24.2 Å². The van der Waals surface area contributed by atoms with Crippen LogP contribution in [0.5, 0.6) is 0 Å². The first kappa shape index (κ1) is 19.2. The maximum absolute atomic E-state index is 13.1. The van der Waals surface area contributed by atoms with Crippen LogP contribution in [0.4, 0.5) is 13.2 Å². The number of hydrogen-bond acceptors (Lipinski definition) is 5. The maximum Gasteiger partial charge on any atom is 0.417 e. The Morgan fingerprint density at radius 3 is 2.69 bits per heavy atom. The summed E-state index contributed by atoms with van der Waals surface area (Å²) in [6.07, 6.45) is -0.953. The molecule has 0 atom stereocenters. The van der Waals surface area contributed by atoms with E-state index in [0.717, 1.165) is 17.2 Å². The summed E-state index contributed by atoms with van der Waals surface area (Å²) in [5.41, 5.74) is 0.0788. The summed E-state index contributed by atoms with van der Waals surface area (Å²) in [6.45, 7) is 0. The molecule has 0 saturated carbocycles. The minimum absolute atomic E-state index is 0.138. The van der Waals surface area contributed by atoms with Gasteiger partial charge in [-0.15, -0.1) is 0 Å². The molecule has 3 aromatic heterocycles. The molecular formula is C19H9ClF3N5S. The summed E-state index contributed by atoms with van der Waals surface area (Å²) in [4.78, 5) is 16.0. The van der Waals surface area contributed by atoms with Gasteiger partial charge in [0.15, 0.2) is 5.16 Å². The molecule has 0 bridgehead atoms. The molecule has 0 aliphatic carbocycles. The summed E-state index contributed by atoms with van der Waals surface area (Å²) in [7, 11) is 0. The lowest BCUT2D eigenvalue weighted by Gasteiger charge is -2.08. The fourth-order valence-electron chi connectivity index (χ4n) is 2.69. The van der Waals surface area contributed by atoms with Gasteiger partial charge in [-0.1, -0.05) is 17.7 Å². The predicted molar refractivity (Wildman–Crippen MR) is 102 cm³/mol. The van der Waals surface area contributed by atoms with Crippen LogP contribution < -0.4 is 0 Å². The molecule has 144 valence electrons. The van der Waals surface area contributed by atoms with Crippen LogP contribution in [0.15, 0.2) is 59.0 Å². The normalized spacial score (nSPS) is 11.6. The Bertz CT molecular complexity index is 1260. The van der Waals surface area contributed by atoms with E-state index < -0.39 is 11.7 Å². The number of pyridine rings is 1. The van der Waals surface area contributed by atoms with Crippen LogP contribution in [0, 0.1) is 11.3 Å². The second-order valence-corrected chi connectivity index (χ2v) is 7.38. The van der Waals surface area contributed by atoms with Crippen LogP contribution >= 0.6 is 23.4 Å². The van der Waals surface area contributed by atoms with Crippen LogP contribution in [0.1, 0.15) is 11.1 Å². The SMILES string of the molecule is N#Cc1cnc(Sc2cccc(Cl)c2)nc1-c1c[nH]c2ncc(C(F)(F)F)cc12. The number of fused-ring (bicyclic) bond motifs is 1. The quantitative estimate of drug-likeness (QED) is 0.420. The fourth-order valence-corrected chi connectivity index (χ4v) is 3.73. The van der Waals surface area contributed by atoms with Crippen molar-refractivity contribution in [1.82, 2.24) is 19.9 Å². The third-order valence-electron chi connectivity index (χ3n) is 4.01. The number of aromatic nitrogens is 4. The van der Waals surface area contributed by atoms with Crippen molar-refractivity contribution >= 4 is 34.4 Å². The van der Waals surface area contributed by atoms with Crippen molar-refractivity contribution in [3.63, 3.8) is 0 Å². The standard InChI is InChI=1S/C19H9ClF3N5S/c20-12-2-1-3-13(5-12)29-18-27-7-10(6-24)16(28-18)15-9-26-17-14(15)4-11(8-25-17)19(21,22)23/h1-5,7-9H,(H,25,26).